The van der Waals surface area contributed by atoms with Gasteiger partial charge < -0.3 is 30.8 Å². The lowest BCUT2D eigenvalue weighted by Crippen LogP contribution is -2.41. The van der Waals surface area contributed by atoms with Crippen molar-refractivity contribution in [3.05, 3.63) is 23.9 Å². The summed E-state index contributed by atoms with van der Waals surface area (Å²) in [6, 6.07) is 3.83. The molecule has 1 aliphatic heterocycles. The number of nitrogens with zero attached hydrogens (tertiary/aromatic N) is 1. The summed E-state index contributed by atoms with van der Waals surface area (Å²) < 4.78 is 11.0. The molecule has 23 heavy (non-hydrogen) atoms. The fraction of sp³-hybridized carbons (Fsp3) is 0.471. The van der Waals surface area contributed by atoms with Crippen molar-refractivity contribution in [2.75, 3.05) is 44.0 Å². The van der Waals surface area contributed by atoms with Gasteiger partial charge in [-0.05, 0) is 19.9 Å². The van der Waals surface area contributed by atoms with Crippen LogP contribution in [0.1, 0.15) is 19.4 Å². The van der Waals surface area contributed by atoms with Crippen LogP contribution in [0.15, 0.2) is 18.3 Å². The van der Waals surface area contributed by atoms with Crippen molar-refractivity contribution < 1.29 is 9.47 Å². The van der Waals surface area contributed by atoms with Crippen LogP contribution in [0, 0.1) is 5.41 Å². The Kier molecular flexibility index (Phi) is 5.87. The van der Waals surface area contributed by atoms with Crippen LogP contribution in [0.3, 0.4) is 0 Å². The molecule has 4 N–H and O–H groups in total. The molecule has 1 aliphatic rings. The van der Waals surface area contributed by atoms with Crippen molar-refractivity contribution in [3.63, 3.8) is 0 Å². The molecule has 126 valence electrons. The van der Waals surface area contributed by atoms with Crippen LogP contribution in [-0.4, -0.2) is 45.7 Å². The molecule has 0 saturated carbocycles. The first-order valence-electron chi connectivity index (χ1n) is 7.89. The fourth-order valence-corrected chi connectivity index (χ4v) is 2.70. The Morgan fingerprint density at radius 2 is 2.35 bits per heavy atom. The minimum atomic E-state index is 0.168. The number of allylic oxidation sites excluding steroid dienone is 1. The van der Waals surface area contributed by atoms with E-state index in [0.717, 1.165) is 36.5 Å². The molecule has 0 spiro atoms. The fourth-order valence-electron chi connectivity index (χ4n) is 2.70. The van der Waals surface area contributed by atoms with E-state index in [1.165, 1.54) is 6.21 Å². The summed E-state index contributed by atoms with van der Waals surface area (Å²) in [7, 11) is 1.61. The topological polar surface area (TPSA) is 83.6 Å². The first-order chi connectivity index (χ1) is 11.1. The minimum Gasteiger partial charge on any atom is -0.495 e. The minimum absolute atomic E-state index is 0.168. The van der Waals surface area contributed by atoms with Crippen molar-refractivity contribution in [2.45, 2.75) is 20.0 Å². The molecular weight excluding hydrogens is 292 g/mol. The summed E-state index contributed by atoms with van der Waals surface area (Å²) in [4.78, 5) is 2.26. The van der Waals surface area contributed by atoms with Gasteiger partial charge in [0.2, 0.25) is 0 Å². The van der Waals surface area contributed by atoms with Crippen LogP contribution in [-0.2, 0) is 4.74 Å². The van der Waals surface area contributed by atoms with Crippen LogP contribution < -0.4 is 20.7 Å². The van der Waals surface area contributed by atoms with Gasteiger partial charge in [-0.25, -0.2) is 0 Å². The first-order valence-corrected chi connectivity index (χ1v) is 7.89. The highest BCUT2D eigenvalue weighted by Crippen LogP contribution is 2.35. The second kappa shape index (κ2) is 7.87. The largest absolute Gasteiger partial charge is 0.495 e. The van der Waals surface area contributed by atoms with Crippen LogP contribution >= 0.6 is 0 Å². The van der Waals surface area contributed by atoms with Gasteiger partial charge in [-0.2, -0.15) is 0 Å². The maximum atomic E-state index is 7.75. The molecule has 0 aliphatic carbocycles. The molecule has 0 bridgehead atoms. The Bertz CT molecular complexity index is 586. The van der Waals surface area contributed by atoms with Gasteiger partial charge in [0.15, 0.2) is 0 Å². The Balaban J connectivity index is 2.50. The van der Waals surface area contributed by atoms with Crippen molar-refractivity contribution >= 4 is 23.2 Å². The lowest BCUT2D eigenvalue weighted by molar-refractivity contribution is 0.0532. The molecule has 2 rings (SSSR count). The van der Waals surface area contributed by atoms with Crippen LogP contribution in [0.2, 0.25) is 0 Å². The Morgan fingerprint density at radius 1 is 1.57 bits per heavy atom. The van der Waals surface area contributed by atoms with Crippen molar-refractivity contribution in [3.8, 4) is 5.75 Å². The van der Waals surface area contributed by atoms with Gasteiger partial charge in [0.25, 0.3) is 0 Å². The third-order valence-corrected chi connectivity index (χ3v) is 3.86. The summed E-state index contributed by atoms with van der Waals surface area (Å²) in [6.45, 7) is 7.16. The number of anilines is 2. The zero-order valence-corrected chi connectivity index (χ0v) is 14.1. The highest BCUT2D eigenvalue weighted by molar-refractivity contribution is 6.11. The average molecular weight is 318 g/mol. The van der Waals surface area contributed by atoms with E-state index in [4.69, 9.17) is 20.6 Å². The molecule has 1 aromatic rings. The number of hydrogen-bond acceptors (Lipinski definition) is 6. The smallest absolute Gasteiger partial charge is 0.143 e. The highest BCUT2D eigenvalue weighted by Gasteiger charge is 2.22. The van der Waals surface area contributed by atoms with E-state index >= 15 is 0 Å². The molecular formula is C17H26N4O2. The maximum Gasteiger partial charge on any atom is 0.143 e. The number of rotatable bonds is 6. The molecule has 0 unspecified atom stereocenters. The predicted molar refractivity (Wildman–Crippen MR) is 95.5 cm³/mol. The van der Waals surface area contributed by atoms with Gasteiger partial charge in [0.1, 0.15) is 5.75 Å². The van der Waals surface area contributed by atoms with E-state index in [0.29, 0.717) is 18.0 Å². The Morgan fingerprint density at radius 3 is 2.96 bits per heavy atom. The second-order valence-corrected chi connectivity index (χ2v) is 5.54. The summed E-state index contributed by atoms with van der Waals surface area (Å²) in [5.41, 5.74) is 9.38. The van der Waals surface area contributed by atoms with Crippen LogP contribution in [0.4, 0.5) is 11.4 Å². The van der Waals surface area contributed by atoms with Gasteiger partial charge in [0, 0.05) is 54.9 Å². The van der Waals surface area contributed by atoms with E-state index in [1.54, 1.807) is 7.11 Å². The summed E-state index contributed by atoms with van der Waals surface area (Å²) in [5, 5.41) is 10.9. The Hall–Kier alpha value is -2.21. The molecule has 0 amide bonds. The first kappa shape index (κ1) is 17.1. The molecule has 1 atom stereocenters. The summed E-state index contributed by atoms with van der Waals surface area (Å²) in [6.07, 6.45) is 3.36. The van der Waals surface area contributed by atoms with Crippen molar-refractivity contribution in [1.29, 1.82) is 5.41 Å². The number of hydrogen-bond donors (Lipinski definition) is 3. The zero-order valence-electron chi connectivity index (χ0n) is 14.1. The van der Waals surface area contributed by atoms with Crippen LogP contribution in [0.5, 0.6) is 5.75 Å². The standard InChI is InChI=1S/C17H26N4O2/c1-4-20-10-13(9-18)14-7-15(19)17(22-3)8-16(14)21-5-6-23-12(2)11-21/h7-10,12,18,20H,4-6,11,19H2,1-3H3/b13-10+,18-9?/t12-/m1/s1. The van der Waals surface area contributed by atoms with E-state index in [2.05, 4.69) is 17.1 Å². The SMILES string of the molecule is CCN/C=C(\C=N)c1cc(N)c(OC)cc1N1CCO[C@H](C)C1. The molecule has 6 nitrogen and oxygen atoms in total. The van der Waals surface area contributed by atoms with Gasteiger partial charge in [0.05, 0.1) is 25.5 Å². The zero-order chi connectivity index (χ0) is 16.8. The third-order valence-electron chi connectivity index (χ3n) is 3.86. The van der Waals surface area contributed by atoms with E-state index in [1.807, 2.05) is 25.3 Å². The number of ether oxygens (including phenoxy) is 2. The molecule has 0 aromatic heterocycles. The number of benzene rings is 1. The van der Waals surface area contributed by atoms with Crippen molar-refractivity contribution in [2.24, 2.45) is 0 Å². The second-order valence-electron chi connectivity index (χ2n) is 5.54. The number of morpholine rings is 1. The quantitative estimate of drug-likeness (QED) is 0.552. The third kappa shape index (κ3) is 3.96. The summed E-state index contributed by atoms with van der Waals surface area (Å²) >= 11 is 0. The molecule has 6 heteroatoms. The molecule has 1 fully saturated rings. The average Bonchev–Trinajstić information content (AvgIpc) is 2.55. The lowest BCUT2D eigenvalue weighted by Gasteiger charge is -2.34. The number of nitrogens with one attached hydrogen (secondary N) is 2. The van der Waals surface area contributed by atoms with Crippen LogP contribution in [0.25, 0.3) is 5.57 Å². The Labute approximate surface area is 137 Å². The molecule has 1 aromatic carbocycles. The maximum absolute atomic E-state index is 7.75. The van der Waals surface area contributed by atoms with E-state index in [-0.39, 0.29) is 6.10 Å². The predicted octanol–water partition coefficient (Wildman–Crippen LogP) is 2.10. The number of methoxy groups -OCH3 is 1. The molecule has 0 radical (unpaired) electrons. The van der Waals surface area contributed by atoms with Crippen molar-refractivity contribution in [1.82, 2.24) is 5.32 Å². The normalized spacial score (nSPS) is 18.7. The summed E-state index contributed by atoms with van der Waals surface area (Å²) in [5.74, 6) is 0.649. The molecule has 1 saturated heterocycles. The van der Waals surface area contributed by atoms with Gasteiger partial charge in [-0.1, -0.05) is 0 Å². The van der Waals surface area contributed by atoms with Gasteiger partial charge >= 0.3 is 0 Å². The van der Waals surface area contributed by atoms with E-state index < -0.39 is 0 Å². The van der Waals surface area contributed by atoms with Gasteiger partial charge in [-0.3, -0.25) is 0 Å². The monoisotopic (exact) mass is 318 g/mol. The number of nitrogen functional groups attached to an aromatic ring is 1. The lowest BCUT2D eigenvalue weighted by atomic mass is 10.0. The van der Waals surface area contributed by atoms with Gasteiger partial charge in [-0.15, -0.1) is 0 Å². The highest BCUT2D eigenvalue weighted by atomic mass is 16.5. The molecule has 1 heterocycles. The number of nitrogens with two attached hydrogens (primary N) is 1. The van der Waals surface area contributed by atoms with E-state index in [9.17, 15) is 0 Å².